The van der Waals surface area contributed by atoms with Crippen LogP contribution in [0, 0.1) is 6.92 Å². The summed E-state index contributed by atoms with van der Waals surface area (Å²) >= 11 is 4.91. The molecule has 2 rings (SSSR count). The molecule has 0 spiro atoms. The van der Waals surface area contributed by atoms with Gasteiger partial charge in [-0.1, -0.05) is 15.9 Å². The summed E-state index contributed by atoms with van der Waals surface area (Å²) in [5.74, 6) is 1.19. The van der Waals surface area contributed by atoms with Gasteiger partial charge in [0, 0.05) is 9.85 Å². The molecule has 124 valence electrons. The van der Waals surface area contributed by atoms with Gasteiger partial charge in [0.05, 0.1) is 25.3 Å². The quantitative estimate of drug-likeness (QED) is 0.759. The highest BCUT2D eigenvalue weighted by atomic mass is 79.9. The van der Waals surface area contributed by atoms with E-state index in [-0.39, 0.29) is 12.3 Å². The molecule has 7 heteroatoms. The Morgan fingerprint density at radius 1 is 1.26 bits per heavy atom. The molecular formula is C16H19BrN2O3S. The fourth-order valence-corrected chi connectivity index (χ4v) is 3.16. The van der Waals surface area contributed by atoms with Crippen LogP contribution in [0.4, 0.5) is 5.13 Å². The van der Waals surface area contributed by atoms with E-state index in [0.717, 1.165) is 15.7 Å². The lowest BCUT2D eigenvalue weighted by molar-refractivity contribution is -0.115. The average Bonchev–Trinajstić information content (AvgIpc) is 2.89. The molecule has 1 heterocycles. The normalized spacial score (nSPS) is 10.4. The van der Waals surface area contributed by atoms with Gasteiger partial charge >= 0.3 is 0 Å². The molecular weight excluding hydrogens is 380 g/mol. The lowest BCUT2D eigenvalue weighted by Crippen LogP contribution is -2.14. The van der Waals surface area contributed by atoms with Crippen molar-refractivity contribution in [2.45, 2.75) is 27.2 Å². The molecule has 0 fully saturated rings. The zero-order chi connectivity index (χ0) is 16.8. The highest BCUT2D eigenvalue weighted by molar-refractivity contribution is 9.10. The number of anilines is 1. The summed E-state index contributed by atoms with van der Waals surface area (Å²) in [5, 5.41) is 5.31. The summed E-state index contributed by atoms with van der Waals surface area (Å²) in [5.41, 5.74) is 1.73. The van der Waals surface area contributed by atoms with E-state index in [1.165, 1.54) is 11.3 Å². The Balaban J connectivity index is 2.14. The van der Waals surface area contributed by atoms with Crippen molar-refractivity contribution in [1.29, 1.82) is 0 Å². The molecule has 1 N–H and O–H groups in total. The lowest BCUT2D eigenvalue weighted by Gasteiger charge is -2.14. The zero-order valence-corrected chi connectivity index (χ0v) is 15.7. The molecule has 1 amide bonds. The van der Waals surface area contributed by atoms with Gasteiger partial charge in [-0.3, -0.25) is 4.79 Å². The number of aromatic nitrogens is 1. The van der Waals surface area contributed by atoms with Crippen LogP contribution < -0.4 is 14.8 Å². The van der Waals surface area contributed by atoms with Crippen molar-refractivity contribution in [2.24, 2.45) is 0 Å². The van der Waals surface area contributed by atoms with E-state index in [2.05, 4.69) is 26.2 Å². The van der Waals surface area contributed by atoms with Crippen molar-refractivity contribution >= 4 is 38.3 Å². The Kier molecular flexibility index (Phi) is 6.41. The van der Waals surface area contributed by atoms with E-state index in [0.29, 0.717) is 29.8 Å². The van der Waals surface area contributed by atoms with Crippen LogP contribution in [0.25, 0.3) is 0 Å². The molecule has 0 aliphatic rings. The number of thiazole rings is 1. The number of hydrogen-bond acceptors (Lipinski definition) is 5. The molecule has 0 saturated heterocycles. The third-order valence-corrected chi connectivity index (χ3v) is 4.54. The van der Waals surface area contributed by atoms with Gasteiger partial charge in [-0.05, 0) is 38.5 Å². The molecule has 0 bridgehead atoms. The first-order valence-electron chi connectivity index (χ1n) is 7.33. The number of carbonyl (C=O) groups is 1. The first kappa shape index (κ1) is 17.7. The summed E-state index contributed by atoms with van der Waals surface area (Å²) in [6.45, 7) is 6.81. The Labute approximate surface area is 148 Å². The van der Waals surface area contributed by atoms with Crippen LogP contribution in [0.5, 0.6) is 11.5 Å². The van der Waals surface area contributed by atoms with Crippen molar-refractivity contribution < 1.29 is 14.3 Å². The molecule has 0 unspecified atom stereocenters. The minimum absolute atomic E-state index is 0.119. The van der Waals surface area contributed by atoms with E-state index in [9.17, 15) is 4.79 Å². The molecule has 1 aromatic carbocycles. The number of amides is 1. The van der Waals surface area contributed by atoms with Gasteiger partial charge in [0.1, 0.15) is 0 Å². The second-order valence-electron chi connectivity index (χ2n) is 4.78. The van der Waals surface area contributed by atoms with Crippen LogP contribution >= 0.6 is 27.3 Å². The maximum atomic E-state index is 12.2. The van der Waals surface area contributed by atoms with Crippen LogP contribution in [0.1, 0.15) is 25.1 Å². The highest BCUT2D eigenvalue weighted by Crippen LogP contribution is 2.34. The summed E-state index contributed by atoms with van der Waals surface area (Å²) in [6.07, 6.45) is 0.228. The van der Waals surface area contributed by atoms with E-state index in [1.54, 1.807) is 0 Å². The molecule has 5 nitrogen and oxygen atoms in total. The van der Waals surface area contributed by atoms with Crippen LogP contribution in [-0.2, 0) is 11.2 Å². The summed E-state index contributed by atoms with van der Waals surface area (Å²) in [7, 11) is 0. The van der Waals surface area contributed by atoms with Crippen molar-refractivity contribution in [3.63, 3.8) is 0 Å². The number of ether oxygens (including phenoxy) is 2. The number of nitrogens with zero attached hydrogens (tertiary/aromatic N) is 1. The van der Waals surface area contributed by atoms with E-state index in [4.69, 9.17) is 9.47 Å². The molecule has 2 aromatic rings. The number of aryl methyl sites for hydroxylation is 1. The Morgan fingerprint density at radius 3 is 2.48 bits per heavy atom. The Morgan fingerprint density at radius 2 is 1.91 bits per heavy atom. The monoisotopic (exact) mass is 398 g/mol. The van der Waals surface area contributed by atoms with Gasteiger partial charge in [0.15, 0.2) is 16.6 Å². The van der Waals surface area contributed by atoms with Crippen molar-refractivity contribution in [3.05, 3.63) is 33.2 Å². The molecule has 0 saturated carbocycles. The fourth-order valence-electron chi connectivity index (χ4n) is 2.00. The van der Waals surface area contributed by atoms with E-state index >= 15 is 0 Å². The fraction of sp³-hybridized carbons (Fsp3) is 0.375. The van der Waals surface area contributed by atoms with Gasteiger partial charge in [-0.25, -0.2) is 4.98 Å². The second kappa shape index (κ2) is 8.31. The van der Waals surface area contributed by atoms with Gasteiger partial charge in [0.2, 0.25) is 5.91 Å². The minimum atomic E-state index is -0.119. The minimum Gasteiger partial charge on any atom is -0.490 e. The number of halogens is 1. The lowest BCUT2D eigenvalue weighted by atomic mass is 10.1. The van der Waals surface area contributed by atoms with Crippen LogP contribution in [0.2, 0.25) is 0 Å². The van der Waals surface area contributed by atoms with Crippen LogP contribution in [0.15, 0.2) is 22.0 Å². The Hall–Kier alpha value is -1.60. The first-order valence-corrected chi connectivity index (χ1v) is 9.00. The maximum Gasteiger partial charge on any atom is 0.230 e. The van der Waals surface area contributed by atoms with E-state index < -0.39 is 0 Å². The maximum absolute atomic E-state index is 12.2. The smallest absolute Gasteiger partial charge is 0.230 e. The van der Waals surface area contributed by atoms with Crippen molar-refractivity contribution in [2.75, 3.05) is 18.5 Å². The summed E-state index contributed by atoms with van der Waals surface area (Å²) in [4.78, 5) is 16.4. The number of benzene rings is 1. The molecule has 0 aliphatic heterocycles. The SMILES string of the molecule is CCOc1cc(Br)c(CC(=O)Nc2nc(C)cs2)cc1OCC. The molecule has 0 atom stereocenters. The standard InChI is InChI=1S/C16H19BrN2O3S/c1-4-21-13-6-11(12(17)8-14(13)22-5-2)7-15(20)19-16-18-10(3)9-23-16/h6,8-9H,4-5,7H2,1-3H3,(H,18,19,20). The highest BCUT2D eigenvalue weighted by Gasteiger charge is 2.14. The number of rotatable bonds is 7. The number of nitrogens with one attached hydrogen (secondary N) is 1. The molecule has 0 aliphatic carbocycles. The predicted molar refractivity (Wildman–Crippen MR) is 95.7 cm³/mol. The third kappa shape index (κ3) is 4.94. The molecule has 0 radical (unpaired) electrons. The number of carbonyl (C=O) groups excluding carboxylic acids is 1. The molecule has 1 aromatic heterocycles. The Bertz CT molecular complexity index is 688. The van der Waals surface area contributed by atoms with Gasteiger partial charge in [-0.15, -0.1) is 11.3 Å². The van der Waals surface area contributed by atoms with Crippen LogP contribution in [0.3, 0.4) is 0 Å². The van der Waals surface area contributed by atoms with Gasteiger partial charge in [-0.2, -0.15) is 0 Å². The number of hydrogen-bond donors (Lipinski definition) is 1. The zero-order valence-electron chi connectivity index (χ0n) is 13.3. The van der Waals surface area contributed by atoms with Crippen molar-refractivity contribution in [3.8, 4) is 11.5 Å². The topological polar surface area (TPSA) is 60.5 Å². The van der Waals surface area contributed by atoms with Gasteiger partial charge < -0.3 is 14.8 Å². The third-order valence-electron chi connectivity index (χ3n) is 2.93. The van der Waals surface area contributed by atoms with E-state index in [1.807, 2.05) is 38.3 Å². The van der Waals surface area contributed by atoms with Gasteiger partial charge in [0.25, 0.3) is 0 Å². The van der Waals surface area contributed by atoms with Crippen LogP contribution in [-0.4, -0.2) is 24.1 Å². The first-order chi connectivity index (χ1) is 11.0. The summed E-state index contributed by atoms with van der Waals surface area (Å²) in [6, 6.07) is 3.68. The molecule has 23 heavy (non-hydrogen) atoms. The summed E-state index contributed by atoms with van der Waals surface area (Å²) < 4.78 is 12.0. The average molecular weight is 399 g/mol. The predicted octanol–water partition coefficient (Wildman–Crippen LogP) is 4.19. The van der Waals surface area contributed by atoms with Crippen molar-refractivity contribution in [1.82, 2.24) is 4.98 Å². The second-order valence-corrected chi connectivity index (χ2v) is 6.49. The largest absolute Gasteiger partial charge is 0.490 e.